The fourth-order valence-electron chi connectivity index (χ4n) is 4.77. The van der Waals surface area contributed by atoms with Crippen LogP contribution in [0.1, 0.15) is 38.4 Å². The second kappa shape index (κ2) is 10.9. The molecule has 0 bridgehead atoms. The van der Waals surface area contributed by atoms with Gasteiger partial charge in [0.15, 0.2) is 17.6 Å². The number of aromatic hydroxyl groups is 4. The number of fused-ring (bicyclic) bond motifs is 1. The van der Waals surface area contributed by atoms with Crippen LogP contribution in [0.5, 0.6) is 23.0 Å². The van der Waals surface area contributed by atoms with Gasteiger partial charge in [0, 0.05) is 17.7 Å². The third-order valence-corrected chi connectivity index (χ3v) is 6.66. The van der Waals surface area contributed by atoms with Crippen LogP contribution in [0.2, 0.25) is 0 Å². The first-order chi connectivity index (χ1) is 19.1. The molecule has 0 aliphatic carbocycles. The minimum Gasteiger partial charge on any atom is -0.508 e. The lowest BCUT2D eigenvalue weighted by Crippen LogP contribution is -2.55. The molecule has 0 unspecified atom stereocenters. The van der Waals surface area contributed by atoms with Gasteiger partial charge in [0.2, 0.25) is 5.43 Å². The Hall–Kier alpha value is -4.37. The summed E-state index contributed by atoms with van der Waals surface area (Å²) in [6.45, 7) is 2.47. The van der Waals surface area contributed by atoms with Crippen LogP contribution in [0, 0.1) is 0 Å². The highest BCUT2D eigenvalue weighted by Gasteiger charge is 2.48. The number of phenolic OH excluding ortho intramolecular Hbond substituents is 4. The van der Waals surface area contributed by atoms with Crippen molar-refractivity contribution in [2.75, 3.05) is 0 Å². The number of carboxylic acid groups (broad SMARTS) is 1. The van der Waals surface area contributed by atoms with Crippen LogP contribution in [0.4, 0.5) is 0 Å². The molecule has 0 saturated carbocycles. The molecule has 1 aromatic heterocycles. The first kappa shape index (κ1) is 29.6. The monoisotopic (exact) mass is 576 g/mol. The Bertz CT molecular complexity index is 1560. The minimum absolute atomic E-state index is 0.0179. The molecule has 1 aliphatic heterocycles. The zero-order valence-electron chi connectivity index (χ0n) is 21.7. The quantitative estimate of drug-likeness (QED) is 0.144. The number of ether oxygens (including phenoxy) is 2. The highest BCUT2D eigenvalue weighted by Crippen LogP contribution is 2.41. The molecule has 14 nitrogen and oxygen atoms in total. The molecule has 41 heavy (non-hydrogen) atoms. The van der Waals surface area contributed by atoms with Crippen LogP contribution in [0.15, 0.2) is 39.5 Å². The number of esters is 1. The van der Waals surface area contributed by atoms with Gasteiger partial charge in [0.05, 0.1) is 30.1 Å². The molecule has 4 rings (SSSR count). The van der Waals surface area contributed by atoms with Gasteiger partial charge in [-0.25, -0.2) is 0 Å². The van der Waals surface area contributed by atoms with E-state index in [0.717, 1.165) is 31.2 Å². The van der Waals surface area contributed by atoms with E-state index in [0.29, 0.717) is 0 Å². The van der Waals surface area contributed by atoms with Crippen molar-refractivity contribution >= 4 is 22.9 Å². The summed E-state index contributed by atoms with van der Waals surface area (Å²) in [5.41, 5.74) is -3.54. The Morgan fingerprint density at radius 2 is 1.66 bits per heavy atom. The number of carbonyl (C=O) groups excluding carboxylic acids is 1. The predicted molar refractivity (Wildman–Crippen MR) is 137 cm³/mol. The fraction of sp³-hybridized carbons (Fsp3) is 0.370. The summed E-state index contributed by atoms with van der Waals surface area (Å²) in [4.78, 5) is 37.1. The second-order valence-corrected chi connectivity index (χ2v) is 10.2. The highest BCUT2D eigenvalue weighted by atomic mass is 16.6. The largest absolute Gasteiger partial charge is 0.508 e. The van der Waals surface area contributed by atoms with E-state index in [9.17, 15) is 50.1 Å². The molecule has 2 heterocycles. The number of hydrogen-bond donors (Lipinski definition) is 8. The second-order valence-electron chi connectivity index (χ2n) is 10.2. The summed E-state index contributed by atoms with van der Waals surface area (Å²) in [5.74, 6) is -4.91. The molecule has 2 aromatic carbocycles. The first-order valence-electron chi connectivity index (χ1n) is 12.3. The smallest absolute Gasteiger partial charge is 0.309 e. The fourth-order valence-corrected chi connectivity index (χ4v) is 4.77. The predicted octanol–water partition coefficient (Wildman–Crippen LogP) is 0.992. The first-order valence-corrected chi connectivity index (χ1v) is 12.3. The van der Waals surface area contributed by atoms with E-state index in [2.05, 4.69) is 0 Å². The van der Waals surface area contributed by atoms with Crippen LogP contribution in [-0.2, 0) is 19.1 Å². The molecule has 0 radical (unpaired) electrons. The van der Waals surface area contributed by atoms with Gasteiger partial charge in [-0.3, -0.25) is 14.4 Å². The number of aliphatic carboxylic acids is 1. The van der Waals surface area contributed by atoms with Crippen molar-refractivity contribution < 1.29 is 64.3 Å². The van der Waals surface area contributed by atoms with Crippen LogP contribution in [0.25, 0.3) is 22.3 Å². The average molecular weight is 577 g/mol. The summed E-state index contributed by atoms with van der Waals surface area (Å²) in [6.07, 6.45) is -9.64. The molecule has 0 spiro atoms. The van der Waals surface area contributed by atoms with Gasteiger partial charge < -0.3 is 54.7 Å². The zero-order chi connectivity index (χ0) is 30.4. The van der Waals surface area contributed by atoms with Crippen molar-refractivity contribution in [3.63, 3.8) is 0 Å². The number of rotatable bonds is 7. The Morgan fingerprint density at radius 1 is 0.976 bits per heavy atom. The van der Waals surface area contributed by atoms with Crippen molar-refractivity contribution in [3.05, 3.63) is 46.1 Å². The zero-order valence-corrected chi connectivity index (χ0v) is 21.7. The standard InChI is InChI=1S/C27H28O14/c1-10-24(41-18(34)9-27(2,38)8-17(32)33)22(36)23(37)26(39-10)20-21(35)19-15(31)6-12(28)7-16(19)40-25(20)11-3-4-13(29)14(30)5-11/h3-7,10,22-24,26,28-31,36-38H,8-9H2,1-2H3,(H,32,33)/t10-,22-,23+,24-,26-,27+/m0/s1. The van der Waals surface area contributed by atoms with Crippen LogP contribution in [-0.4, -0.2) is 82.8 Å². The van der Waals surface area contributed by atoms with E-state index in [1.54, 1.807) is 0 Å². The molecule has 8 N–H and O–H groups in total. The van der Waals surface area contributed by atoms with Gasteiger partial charge in [0.25, 0.3) is 0 Å². The summed E-state index contributed by atoms with van der Waals surface area (Å²) in [7, 11) is 0. The number of carbonyl (C=O) groups is 2. The lowest BCUT2D eigenvalue weighted by molar-refractivity contribution is -0.233. The molecule has 6 atom stereocenters. The van der Waals surface area contributed by atoms with Crippen LogP contribution in [0.3, 0.4) is 0 Å². The Kier molecular flexibility index (Phi) is 7.87. The maximum Gasteiger partial charge on any atom is 0.309 e. The van der Waals surface area contributed by atoms with E-state index in [-0.39, 0.29) is 16.9 Å². The Balaban J connectivity index is 1.76. The van der Waals surface area contributed by atoms with E-state index in [4.69, 9.17) is 19.0 Å². The molecule has 1 fully saturated rings. The third kappa shape index (κ3) is 5.90. The van der Waals surface area contributed by atoms with Crippen molar-refractivity contribution in [1.29, 1.82) is 0 Å². The van der Waals surface area contributed by atoms with Gasteiger partial charge in [-0.15, -0.1) is 0 Å². The lowest BCUT2D eigenvalue weighted by Gasteiger charge is -2.41. The Labute approximate surface area is 230 Å². The number of phenols is 4. The normalized spacial score (nSPS) is 24.1. The van der Waals surface area contributed by atoms with E-state index in [1.807, 2.05) is 0 Å². The summed E-state index contributed by atoms with van der Waals surface area (Å²) in [6, 6.07) is 5.36. The topological polar surface area (TPSA) is 245 Å². The van der Waals surface area contributed by atoms with Gasteiger partial charge >= 0.3 is 11.9 Å². The molecular formula is C27H28O14. The molecule has 3 aromatic rings. The summed E-state index contributed by atoms with van der Waals surface area (Å²) in [5, 5.41) is 80.7. The van der Waals surface area contributed by atoms with Crippen LogP contribution >= 0.6 is 0 Å². The van der Waals surface area contributed by atoms with Gasteiger partial charge in [-0.1, -0.05) is 0 Å². The van der Waals surface area contributed by atoms with E-state index < -0.39 is 100 Å². The molecule has 14 heteroatoms. The SMILES string of the molecule is C[C@@H]1O[C@@H](c2c(-c3ccc(O)c(O)c3)oc3cc(O)cc(O)c3c2=O)[C@H](O)[C@H](O)[C@H]1OC(=O)C[C@](C)(O)CC(=O)O. The maximum absolute atomic E-state index is 13.7. The minimum atomic E-state index is -1.96. The number of aliphatic hydroxyl groups excluding tert-OH is 2. The molecule has 1 aliphatic rings. The Morgan fingerprint density at radius 3 is 2.29 bits per heavy atom. The van der Waals surface area contributed by atoms with Crippen molar-refractivity contribution in [2.24, 2.45) is 0 Å². The number of aliphatic hydroxyl groups is 3. The highest BCUT2D eigenvalue weighted by molar-refractivity contribution is 5.87. The maximum atomic E-state index is 13.7. The van der Waals surface area contributed by atoms with Crippen LogP contribution < -0.4 is 5.43 Å². The average Bonchev–Trinajstić information content (AvgIpc) is 2.84. The molecular weight excluding hydrogens is 548 g/mol. The number of hydrogen-bond acceptors (Lipinski definition) is 13. The number of benzene rings is 2. The van der Waals surface area contributed by atoms with Crippen molar-refractivity contribution in [1.82, 2.24) is 0 Å². The molecule has 1 saturated heterocycles. The lowest BCUT2D eigenvalue weighted by atomic mass is 9.89. The summed E-state index contributed by atoms with van der Waals surface area (Å²) < 4.78 is 16.9. The van der Waals surface area contributed by atoms with Crippen molar-refractivity contribution in [3.8, 4) is 34.3 Å². The third-order valence-electron chi connectivity index (χ3n) is 6.66. The summed E-state index contributed by atoms with van der Waals surface area (Å²) >= 11 is 0. The van der Waals surface area contributed by atoms with E-state index in [1.165, 1.54) is 13.0 Å². The van der Waals surface area contributed by atoms with Gasteiger partial charge in [0.1, 0.15) is 46.5 Å². The van der Waals surface area contributed by atoms with E-state index >= 15 is 0 Å². The van der Waals surface area contributed by atoms with Gasteiger partial charge in [-0.2, -0.15) is 0 Å². The molecule has 0 amide bonds. The van der Waals surface area contributed by atoms with Gasteiger partial charge in [-0.05, 0) is 32.0 Å². The molecule has 220 valence electrons. The van der Waals surface area contributed by atoms with Crippen molar-refractivity contribution in [2.45, 2.75) is 62.8 Å². The number of carboxylic acids is 1.